The molecule has 0 bridgehead atoms. The van der Waals surface area contributed by atoms with Gasteiger partial charge in [-0.2, -0.15) is 0 Å². The van der Waals surface area contributed by atoms with Gasteiger partial charge in [0.2, 0.25) is 0 Å². The van der Waals surface area contributed by atoms with Gasteiger partial charge in [-0.05, 0) is 21.0 Å². The molecule has 14 heavy (non-hydrogen) atoms. The summed E-state index contributed by atoms with van der Waals surface area (Å²) >= 11 is 1.51. The number of aliphatic hydroxyl groups is 1. The van der Waals surface area contributed by atoms with Gasteiger partial charge in [0, 0.05) is 24.2 Å². The molecule has 0 fully saturated rings. The number of hydrogen-bond acceptors (Lipinski definition) is 5. The van der Waals surface area contributed by atoms with Crippen LogP contribution in [0.4, 0.5) is 0 Å². The number of nitrogens with zero attached hydrogens (tertiary/aromatic N) is 2. The summed E-state index contributed by atoms with van der Waals surface area (Å²) in [5, 5.41) is 10.5. The minimum atomic E-state index is -0.991. The van der Waals surface area contributed by atoms with Crippen LogP contribution in [-0.4, -0.2) is 35.6 Å². The Morgan fingerprint density at radius 3 is 2.79 bits per heavy atom. The standard InChI is InChI=1S/C9H17N3OS/c1-9(13,6-10)8-11-4-7(14-8)5-12(2)3/h4,13H,5-6,10H2,1-3H3. The highest BCUT2D eigenvalue weighted by atomic mass is 32.1. The molecule has 1 unspecified atom stereocenters. The molecule has 4 nitrogen and oxygen atoms in total. The first kappa shape index (κ1) is 11.6. The van der Waals surface area contributed by atoms with E-state index in [1.807, 2.05) is 14.1 Å². The molecule has 1 aromatic rings. The van der Waals surface area contributed by atoms with E-state index >= 15 is 0 Å². The minimum absolute atomic E-state index is 0.196. The van der Waals surface area contributed by atoms with E-state index in [9.17, 15) is 5.11 Å². The first-order chi connectivity index (χ1) is 6.45. The molecule has 0 saturated carbocycles. The Hall–Kier alpha value is -0.490. The van der Waals surface area contributed by atoms with Crippen molar-refractivity contribution in [3.8, 4) is 0 Å². The molecule has 0 amide bonds. The lowest BCUT2D eigenvalue weighted by atomic mass is 10.1. The zero-order valence-corrected chi connectivity index (χ0v) is 9.64. The van der Waals surface area contributed by atoms with Crippen molar-refractivity contribution in [3.63, 3.8) is 0 Å². The van der Waals surface area contributed by atoms with E-state index in [1.54, 1.807) is 13.1 Å². The molecule has 0 radical (unpaired) electrons. The van der Waals surface area contributed by atoms with Crippen LogP contribution in [0.3, 0.4) is 0 Å². The summed E-state index contributed by atoms with van der Waals surface area (Å²) in [7, 11) is 4.00. The second-order valence-corrected chi connectivity index (χ2v) is 4.96. The van der Waals surface area contributed by atoms with Crippen LogP contribution in [0.5, 0.6) is 0 Å². The van der Waals surface area contributed by atoms with Crippen molar-refractivity contribution in [1.29, 1.82) is 0 Å². The number of aromatic nitrogens is 1. The van der Waals surface area contributed by atoms with Crippen molar-refractivity contribution in [2.45, 2.75) is 19.1 Å². The van der Waals surface area contributed by atoms with E-state index in [2.05, 4.69) is 9.88 Å². The van der Waals surface area contributed by atoms with Crippen molar-refractivity contribution in [3.05, 3.63) is 16.1 Å². The zero-order valence-electron chi connectivity index (χ0n) is 8.82. The van der Waals surface area contributed by atoms with Gasteiger partial charge in [-0.25, -0.2) is 4.98 Å². The summed E-state index contributed by atoms with van der Waals surface area (Å²) in [6, 6.07) is 0. The lowest BCUT2D eigenvalue weighted by molar-refractivity contribution is 0.0665. The molecule has 1 aromatic heterocycles. The number of nitrogens with two attached hydrogens (primary N) is 1. The minimum Gasteiger partial charge on any atom is -0.382 e. The van der Waals surface area contributed by atoms with E-state index in [0.29, 0.717) is 5.01 Å². The van der Waals surface area contributed by atoms with Crippen LogP contribution < -0.4 is 5.73 Å². The maximum Gasteiger partial charge on any atom is 0.126 e. The molecule has 1 rings (SSSR count). The Bertz CT molecular complexity index is 296. The van der Waals surface area contributed by atoms with Crippen molar-refractivity contribution < 1.29 is 5.11 Å². The first-order valence-corrected chi connectivity index (χ1v) is 5.29. The Morgan fingerprint density at radius 2 is 2.29 bits per heavy atom. The normalized spacial score (nSPS) is 15.9. The summed E-state index contributed by atoms with van der Waals surface area (Å²) in [5.41, 5.74) is 4.46. The van der Waals surface area contributed by atoms with E-state index in [0.717, 1.165) is 11.4 Å². The maximum atomic E-state index is 9.85. The molecule has 5 heteroatoms. The molecule has 1 heterocycles. The van der Waals surface area contributed by atoms with Crippen LogP contribution in [-0.2, 0) is 12.1 Å². The molecule has 80 valence electrons. The molecule has 0 spiro atoms. The topological polar surface area (TPSA) is 62.4 Å². The summed E-state index contributed by atoms with van der Waals surface area (Å²) < 4.78 is 0. The lowest BCUT2D eigenvalue weighted by Crippen LogP contribution is -2.30. The van der Waals surface area contributed by atoms with Crippen molar-refractivity contribution >= 4 is 11.3 Å². The Labute approximate surface area is 88.4 Å². The Morgan fingerprint density at radius 1 is 1.64 bits per heavy atom. The monoisotopic (exact) mass is 215 g/mol. The highest BCUT2D eigenvalue weighted by Gasteiger charge is 2.24. The molecule has 0 aliphatic rings. The van der Waals surface area contributed by atoms with Gasteiger partial charge in [0.15, 0.2) is 0 Å². The molecule has 0 aromatic carbocycles. The molecule has 0 aliphatic carbocycles. The summed E-state index contributed by atoms with van der Waals surface area (Å²) in [6.07, 6.45) is 1.80. The average Bonchev–Trinajstić information content (AvgIpc) is 2.52. The van der Waals surface area contributed by atoms with Gasteiger partial charge in [-0.3, -0.25) is 0 Å². The molecular formula is C9H17N3OS. The van der Waals surface area contributed by atoms with Crippen LogP contribution in [0.25, 0.3) is 0 Å². The zero-order chi connectivity index (χ0) is 10.8. The number of rotatable bonds is 4. The molecule has 3 N–H and O–H groups in total. The number of thiazole rings is 1. The molecule has 0 saturated heterocycles. The van der Waals surface area contributed by atoms with Crippen LogP contribution in [0.2, 0.25) is 0 Å². The van der Waals surface area contributed by atoms with Gasteiger partial charge in [0.25, 0.3) is 0 Å². The summed E-state index contributed by atoms with van der Waals surface area (Å²) in [5.74, 6) is 0. The highest BCUT2D eigenvalue weighted by molar-refractivity contribution is 7.11. The van der Waals surface area contributed by atoms with Gasteiger partial charge in [-0.1, -0.05) is 0 Å². The SMILES string of the molecule is CN(C)Cc1cnc(C(C)(O)CN)s1. The largest absolute Gasteiger partial charge is 0.382 e. The fourth-order valence-corrected chi connectivity index (χ4v) is 2.11. The second kappa shape index (κ2) is 4.35. The van der Waals surface area contributed by atoms with Crippen LogP contribution >= 0.6 is 11.3 Å². The average molecular weight is 215 g/mol. The van der Waals surface area contributed by atoms with Crippen molar-refractivity contribution in [2.24, 2.45) is 5.73 Å². The van der Waals surface area contributed by atoms with Crippen LogP contribution in [0.15, 0.2) is 6.20 Å². The maximum absolute atomic E-state index is 9.85. The fourth-order valence-electron chi connectivity index (χ4n) is 1.03. The Kier molecular flexibility index (Phi) is 3.60. The third kappa shape index (κ3) is 2.75. The van der Waals surface area contributed by atoms with Gasteiger partial charge in [0.05, 0.1) is 0 Å². The smallest absolute Gasteiger partial charge is 0.126 e. The number of hydrogen-bond donors (Lipinski definition) is 2. The summed E-state index contributed by atoms with van der Waals surface area (Å²) in [6.45, 7) is 2.73. The quantitative estimate of drug-likeness (QED) is 0.762. The van der Waals surface area contributed by atoms with Gasteiger partial charge >= 0.3 is 0 Å². The third-order valence-corrected chi connectivity index (χ3v) is 3.12. The van der Waals surface area contributed by atoms with Crippen molar-refractivity contribution in [1.82, 2.24) is 9.88 Å². The first-order valence-electron chi connectivity index (χ1n) is 4.48. The van der Waals surface area contributed by atoms with E-state index in [1.165, 1.54) is 11.3 Å². The van der Waals surface area contributed by atoms with E-state index < -0.39 is 5.60 Å². The highest BCUT2D eigenvalue weighted by Crippen LogP contribution is 2.24. The molecule has 1 atom stereocenters. The van der Waals surface area contributed by atoms with Gasteiger partial charge in [0.1, 0.15) is 10.6 Å². The Balaban J connectivity index is 2.77. The fraction of sp³-hybridized carbons (Fsp3) is 0.667. The molecule has 0 aliphatic heterocycles. The van der Waals surface area contributed by atoms with Gasteiger partial charge < -0.3 is 15.7 Å². The van der Waals surface area contributed by atoms with Crippen LogP contribution in [0.1, 0.15) is 16.8 Å². The van der Waals surface area contributed by atoms with Crippen molar-refractivity contribution in [2.75, 3.05) is 20.6 Å². The summed E-state index contributed by atoms with van der Waals surface area (Å²) in [4.78, 5) is 7.38. The predicted molar refractivity (Wildman–Crippen MR) is 58.1 cm³/mol. The lowest BCUT2D eigenvalue weighted by Gasteiger charge is -2.17. The van der Waals surface area contributed by atoms with E-state index in [-0.39, 0.29) is 6.54 Å². The second-order valence-electron chi connectivity index (χ2n) is 3.85. The van der Waals surface area contributed by atoms with Gasteiger partial charge in [-0.15, -0.1) is 11.3 Å². The van der Waals surface area contributed by atoms with E-state index in [4.69, 9.17) is 5.73 Å². The van der Waals surface area contributed by atoms with Crippen LogP contribution in [0, 0.1) is 0 Å². The third-order valence-electron chi connectivity index (χ3n) is 1.88. The predicted octanol–water partition coefficient (Wildman–Crippen LogP) is 0.371. The molecular weight excluding hydrogens is 198 g/mol.